The number of sulfonamides is 1. The zero-order chi connectivity index (χ0) is 17.9. The van der Waals surface area contributed by atoms with Gasteiger partial charge in [-0.15, -0.1) is 0 Å². The molecule has 8 heteroatoms. The van der Waals surface area contributed by atoms with Crippen molar-refractivity contribution < 1.29 is 27.1 Å². The van der Waals surface area contributed by atoms with E-state index in [2.05, 4.69) is 9.46 Å². The van der Waals surface area contributed by atoms with Gasteiger partial charge in [-0.05, 0) is 37.3 Å². The average molecular weight is 351 g/mol. The normalized spacial score (nSPS) is 11.0. The third kappa shape index (κ3) is 3.77. The van der Waals surface area contributed by atoms with E-state index < -0.39 is 26.7 Å². The number of rotatable bonds is 5. The minimum atomic E-state index is -4.29. The van der Waals surface area contributed by atoms with Gasteiger partial charge in [-0.2, -0.15) is 0 Å². The average Bonchev–Trinajstić information content (AvgIpc) is 2.54. The van der Waals surface area contributed by atoms with Crippen LogP contribution in [0.3, 0.4) is 0 Å². The summed E-state index contributed by atoms with van der Waals surface area (Å²) in [6.45, 7) is 1.34. The van der Waals surface area contributed by atoms with E-state index in [1.807, 2.05) is 0 Å². The summed E-state index contributed by atoms with van der Waals surface area (Å²) in [5.74, 6) is -2.04. The topological polar surface area (TPSA) is 89.5 Å². The van der Waals surface area contributed by atoms with Gasteiger partial charge in [0.1, 0.15) is 10.7 Å². The van der Waals surface area contributed by atoms with Gasteiger partial charge in [0.2, 0.25) is 0 Å². The monoisotopic (exact) mass is 351 g/mol. The third-order valence-electron chi connectivity index (χ3n) is 3.16. The summed E-state index contributed by atoms with van der Waals surface area (Å²) in [6, 6.07) is 8.66. The number of ether oxygens (including phenoxy) is 1. The predicted molar refractivity (Wildman–Crippen MR) is 85.0 cm³/mol. The molecule has 24 heavy (non-hydrogen) atoms. The second-order valence-electron chi connectivity index (χ2n) is 4.88. The third-order valence-corrected chi connectivity index (χ3v) is 4.56. The molecular weight excluding hydrogens is 337 g/mol. The molecule has 6 nitrogen and oxygen atoms in total. The number of carbonyl (C=O) groups is 2. The summed E-state index contributed by atoms with van der Waals surface area (Å²) in [5.41, 5.74) is 0.307. The van der Waals surface area contributed by atoms with Crippen molar-refractivity contribution >= 4 is 27.5 Å². The summed E-state index contributed by atoms with van der Waals surface area (Å²) in [6.07, 6.45) is 0. The molecule has 0 bridgehead atoms. The van der Waals surface area contributed by atoms with Gasteiger partial charge < -0.3 is 4.74 Å². The Morgan fingerprint density at radius 3 is 2.42 bits per heavy atom. The zero-order valence-corrected chi connectivity index (χ0v) is 13.7. The van der Waals surface area contributed by atoms with Crippen LogP contribution < -0.4 is 4.72 Å². The van der Waals surface area contributed by atoms with Gasteiger partial charge in [0.25, 0.3) is 10.0 Å². The number of carbonyl (C=O) groups excluding carboxylic acids is 2. The van der Waals surface area contributed by atoms with Crippen molar-refractivity contribution in [1.82, 2.24) is 0 Å². The molecule has 126 valence electrons. The van der Waals surface area contributed by atoms with Crippen molar-refractivity contribution in [2.45, 2.75) is 11.8 Å². The van der Waals surface area contributed by atoms with Crippen LogP contribution in [0.5, 0.6) is 0 Å². The number of halogens is 1. The van der Waals surface area contributed by atoms with E-state index in [0.717, 1.165) is 25.3 Å². The standard InChI is InChI=1S/C16H14FNO5S/c1-10(19)11-4-3-5-13(8-11)18-24(21,22)15-9-12(16(20)23-2)6-7-14(15)17/h3-9,18H,1-2H3. The summed E-state index contributed by atoms with van der Waals surface area (Å²) < 4.78 is 45.3. The van der Waals surface area contributed by atoms with Crippen LogP contribution in [0.15, 0.2) is 47.4 Å². The fourth-order valence-corrected chi connectivity index (χ4v) is 3.12. The molecule has 0 atom stereocenters. The Hall–Kier alpha value is -2.74. The van der Waals surface area contributed by atoms with Crippen LogP contribution in [-0.2, 0) is 14.8 Å². The Morgan fingerprint density at radius 2 is 1.79 bits per heavy atom. The minimum Gasteiger partial charge on any atom is -0.465 e. The van der Waals surface area contributed by atoms with E-state index >= 15 is 0 Å². The highest BCUT2D eigenvalue weighted by atomic mass is 32.2. The molecule has 2 aromatic rings. The maximum atomic E-state index is 13.9. The molecule has 2 rings (SSSR count). The number of anilines is 1. The van der Waals surface area contributed by atoms with Crippen molar-refractivity contribution in [2.24, 2.45) is 0 Å². The number of hydrogen-bond donors (Lipinski definition) is 1. The minimum absolute atomic E-state index is 0.100. The van der Waals surface area contributed by atoms with Gasteiger partial charge in [-0.3, -0.25) is 9.52 Å². The van der Waals surface area contributed by atoms with E-state index in [9.17, 15) is 22.4 Å². The quantitative estimate of drug-likeness (QED) is 0.661. The van der Waals surface area contributed by atoms with Gasteiger partial charge in [-0.25, -0.2) is 17.6 Å². The molecular formula is C16H14FNO5S. The van der Waals surface area contributed by atoms with Crippen molar-refractivity contribution in [3.05, 3.63) is 59.4 Å². The van der Waals surface area contributed by atoms with Gasteiger partial charge in [0, 0.05) is 11.3 Å². The van der Waals surface area contributed by atoms with Crippen molar-refractivity contribution in [3.63, 3.8) is 0 Å². The second kappa shape index (κ2) is 6.79. The molecule has 0 aliphatic rings. The summed E-state index contributed by atoms with van der Waals surface area (Å²) in [5, 5.41) is 0. The fourth-order valence-electron chi connectivity index (χ4n) is 1.97. The first kappa shape index (κ1) is 17.6. The van der Waals surface area contributed by atoms with E-state index in [1.54, 1.807) is 0 Å². The molecule has 0 saturated carbocycles. The Morgan fingerprint density at radius 1 is 1.08 bits per heavy atom. The van der Waals surface area contributed by atoms with Gasteiger partial charge >= 0.3 is 5.97 Å². The number of nitrogens with one attached hydrogen (secondary N) is 1. The molecule has 0 aromatic heterocycles. The summed E-state index contributed by atoms with van der Waals surface area (Å²) in [7, 11) is -3.16. The number of benzene rings is 2. The molecule has 0 heterocycles. The summed E-state index contributed by atoms with van der Waals surface area (Å²) >= 11 is 0. The van der Waals surface area contributed by atoms with Crippen LogP contribution in [0.25, 0.3) is 0 Å². The first-order chi connectivity index (χ1) is 11.2. The van der Waals surface area contributed by atoms with Crippen LogP contribution >= 0.6 is 0 Å². The molecule has 0 unspecified atom stereocenters. The van der Waals surface area contributed by atoms with E-state index in [0.29, 0.717) is 5.56 Å². The van der Waals surface area contributed by atoms with E-state index in [4.69, 9.17) is 0 Å². The van der Waals surface area contributed by atoms with E-state index in [1.165, 1.54) is 31.2 Å². The highest BCUT2D eigenvalue weighted by Gasteiger charge is 2.22. The Bertz CT molecular complexity index is 908. The molecule has 0 radical (unpaired) electrons. The lowest BCUT2D eigenvalue weighted by Crippen LogP contribution is -2.16. The lowest BCUT2D eigenvalue weighted by atomic mass is 10.1. The molecule has 2 aromatic carbocycles. The molecule has 1 N–H and O–H groups in total. The van der Waals surface area contributed by atoms with E-state index in [-0.39, 0.29) is 17.0 Å². The molecule has 0 aliphatic heterocycles. The number of Topliss-reactive ketones (excluding diaryl/α,β-unsaturated/α-hetero) is 1. The maximum absolute atomic E-state index is 13.9. The fraction of sp³-hybridized carbons (Fsp3) is 0.125. The van der Waals surface area contributed by atoms with Crippen LogP contribution in [0.2, 0.25) is 0 Å². The van der Waals surface area contributed by atoms with Crippen molar-refractivity contribution in [1.29, 1.82) is 0 Å². The molecule has 0 fully saturated rings. The second-order valence-corrected chi connectivity index (χ2v) is 6.53. The van der Waals surface area contributed by atoms with Gasteiger partial charge in [0.05, 0.1) is 12.7 Å². The highest BCUT2D eigenvalue weighted by molar-refractivity contribution is 7.92. The van der Waals surface area contributed by atoms with Crippen LogP contribution in [-0.4, -0.2) is 27.3 Å². The Balaban J connectivity index is 2.42. The first-order valence-electron chi connectivity index (χ1n) is 6.76. The maximum Gasteiger partial charge on any atom is 0.337 e. The van der Waals surface area contributed by atoms with Crippen molar-refractivity contribution in [3.8, 4) is 0 Å². The molecule has 0 saturated heterocycles. The van der Waals surface area contributed by atoms with Crippen molar-refractivity contribution in [2.75, 3.05) is 11.8 Å². The lowest BCUT2D eigenvalue weighted by Gasteiger charge is -2.10. The Kier molecular flexibility index (Phi) is 4.99. The SMILES string of the molecule is COC(=O)c1ccc(F)c(S(=O)(=O)Nc2cccc(C(C)=O)c2)c1. The number of ketones is 1. The Labute approximate surface area is 138 Å². The van der Waals surface area contributed by atoms with Crippen LogP contribution in [0.1, 0.15) is 27.6 Å². The predicted octanol–water partition coefficient (Wildman–Crippen LogP) is 2.62. The molecule has 0 spiro atoms. The smallest absolute Gasteiger partial charge is 0.337 e. The number of methoxy groups -OCH3 is 1. The molecule has 0 aliphatic carbocycles. The van der Waals surface area contributed by atoms with Gasteiger partial charge in [-0.1, -0.05) is 12.1 Å². The zero-order valence-electron chi connectivity index (χ0n) is 12.9. The summed E-state index contributed by atoms with van der Waals surface area (Å²) in [4.78, 5) is 22.1. The largest absolute Gasteiger partial charge is 0.465 e. The molecule has 0 amide bonds. The van der Waals surface area contributed by atoms with Crippen LogP contribution in [0, 0.1) is 5.82 Å². The number of hydrogen-bond acceptors (Lipinski definition) is 5. The number of esters is 1. The lowest BCUT2D eigenvalue weighted by molar-refractivity contribution is 0.0600. The van der Waals surface area contributed by atoms with Gasteiger partial charge in [0.15, 0.2) is 5.78 Å². The van der Waals surface area contributed by atoms with Crippen LogP contribution in [0.4, 0.5) is 10.1 Å². The highest BCUT2D eigenvalue weighted by Crippen LogP contribution is 2.21. The first-order valence-corrected chi connectivity index (χ1v) is 8.24.